The molecule has 0 amide bonds. The molecule has 106 valence electrons. The van der Waals surface area contributed by atoms with Gasteiger partial charge in [0.05, 0.1) is 13.0 Å². The molecule has 4 bridgehead atoms. The highest BCUT2D eigenvalue weighted by molar-refractivity contribution is 5.85. The molecule has 0 radical (unpaired) electrons. The van der Waals surface area contributed by atoms with Gasteiger partial charge in [-0.05, 0) is 41.4 Å². The van der Waals surface area contributed by atoms with Crippen LogP contribution in [0.1, 0.15) is 46.5 Å². The van der Waals surface area contributed by atoms with Gasteiger partial charge in [-0.25, -0.2) is 0 Å². The van der Waals surface area contributed by atoms with E-state index in [1.807, 2.05) is 0 Å². The Hall–Kier alpha value is -0.860. The molecule has 0 N–H and O–H groups in total. The molecule has 3 rings (SSSR count). The van der Waals surface area contributed by atoms with E-state index in [0.717, 1.165) is 6.42 Å². The minimum atomic E-state index is -0.157. The normalized spacial score (nSPS) is 47.8. The fourth-order valence-electron chi connectivity index (χ4n) is 6.15. The highest BCUT2D eigenvalue weighted by Crippen LogP contribution is 2.75. The van der Waals surface area contributed by atoms with Gasteiger partial charge in [0.15, 0.2) is 0 Å². The summed E-state index contributed by atoms with van der Waals surface area (Å²) in [4.78, 5) is 24.6. The summed E-state index contributed by atoms with van der Waals surface area (Å²) < 4.78 is 5.07. The lowest BCUT2D eigenvalue weighted by Gasteiger charge is -2.46. The van der Waals surface area contributed by atoms with Crippen molar-refractivity contribution in [1.82, 2.24) is 0 Å². The number of methoxy groups -OCH3 is 1. The zero-order valence-corrected chi connectivity index (χ0v) is 12.4. The predicted molar refractivity (Wildman–Crippen MR) is 71.3 cm³/mol. The van der Waals surface area contributed by atoms with E-state index in [4.69, 9.17) is 4.74 Å². The summed E-state index contributed by atoms with van der Waals surface area (Å²) in [5, 5.41) is 0. The zero-order chi connectivity index (χ0) is 14.0. The van der Waals surface area contributed by atoms with Crippen LogP contribution in [-0.4, -0.2) is 18.9 Å². The van der Waals surface area contributed by atoms with Crippen molar-refractivity contribution in [2.45, 2.75) is 46.5 Å². The molecule has 0 aliphatic heterocycles. The first-order valence-electron chi connectivity index (χ1n) is 7.47. The molecule has 0 unspecified atom stereocenters. The summed E-state index contributed by atoms with van der Waals surface area (Å²) >= 11 is 0. The SMILES string of the molecule is COC(=O)[C@H]1[C@H]2CC[C@H]3[C@]1(C)CC(=O)C[C@@]23C(C)C. The number of hydrogen-bond acceptors (Lipinski definition) is 3. The number of carbonyl (C=O) groups excluding carboxylic acids is 2. The van der Waals surface area contributed by atoms with Crippen LogP contribution in [0, 0.1) is 34.5 Å². The third-order valence-corrected chi connectivity index (χ3v) is 6.63. The maximum absolute atomic E-state index is 12.3. The van der Waals surface area contributed by atoms with E-state index in [1.54, 1.807) is 0 Å². The van der Waals surface area contributed by atoms with E-state index in [0.29, 0.717) is 36.4 Å². The van der Waals surface area contributed by atoms with Crippen molar-refractivity contribution in [1.29, 1.82) is 0 Å². The highest BCUT2D eigenvalue weighted by Gasteiger charge is 2.73. The second kappa shape index (κ2) is 3.83. The number of rotatable bonds is 2. The molecule has 3 heteroatoms. The van der Waals surface area contributed by atoms with Crippen molar-refractivity contribution in [3.63, 3.8) is 0 Å². The molecule has 0 heterocycles. The average Bonchev–Trinajstić information content (AvgIpc) is 2.75. The second-order valence-corrected chi connectivity index (χ2v) is 7.40. The summed E-state index contributed by atoms with van der Waals surface area (Å²) in [6.45, 7) is 6.61. The largest absolute Gasteiger partial charge is 0.469 e. The highest BCUT2D eigenvalue weighted by atomic mass is 16.5. The fraction of sp³-hybridized carbons (Fsp3) is 0.875. The van der Waals surface area contributed by atoms with E-state index in [-0.39, 0.29) is 22.7 Å². The first kappa shape index (κ1) is 13.1. The molecule has 0 aromatic rings. The molecular weight excluding hydrogens is 240 g/mol. The molecule has 0 spiro atoms. The zero-order valence-electron chi connectivity index (χ0n) is 12.4. The quantitative estimate of drug-likeness (QED) is 0.720. The van der Waals surface area contributed by atoms with Gasteiger partial charge in [-0.15, -0.1) is 0 Å². The topological polar surface area (TPSA) is 43.4 Å². The maximum Gasteiger partial charge on any atom is 0.309 e. The molecule has 3 aliphatic rings. The molecule has 3 nitrogen and oxygen atoms in total. The molecular formula is C16H24O3. The van der Waals surface area contributed by atoms with E-state index in [9.17, 15) is 9.59 Å². The third-order valence-electron chi connectivity index (χ3n) is 6.63. The monoisotopic (exact) mass is 264 g/mol. The van der Waals surface area contributed by atoms with Gasteiger partial charge in [-0.2, -0.15) is 0 Å². The van der Waals surface area contributed by atoms with Crippen LogP contribution in [0.3, 0.4) is 0 Å². The molecule has 5 atom stereocenters. The number of ketones is 1. The fourth-order valence-corrected chi connectivity index (χ4v) is 6.15. The maximum atomic E-state index is 12.3. The number of hydrogen-bond donors (Lipinski definition) is 0. The summed E-state index contributed by atoms with van der Waals surface area (Å²) in [6.07, 6.45) is 3.52. The Balaban J connectivity index is 2.14. The minimum absolute atomic E-state index is 0.0585. The Bertz CT molecular complexity index is 441. The minimum Gasteiger partial charge on any atom is -0.469 e. The first-order chi connectivity index (χ1) is 8.87. The van der Waals surface area contributed by atoms with Crippen LogP contribution in [0.15, 0.2) is 0 Å². The number of Topliss-reactive ketones (excluding diaryl/α,β-unsaturated/α-hetero) is 1. The lowest BCUT2D eigenvalue weighted by molar-refractivity contribution is -0.153. The smallest absolute Gasteiger partial charge is 0.309 e. The van der Waals surface area contributed by atoms with E-state index in [2.05, 4.69) is 20.8 Å². The summed E-state index contributed by atoms with van der Waals surface area (Å²) in [5.74, 6) is 1.53. The van der Waals surface area contributed by atoms with Gasteiger partial charge >= 0.3 is 5.97 Å². The van der Waals surface area contributed by atoms with Crippen molar-refractivity contribution in [2.24, 2.45) is 34.5 Å². The Morgan fingerprint density at radius 1 is 1.32 bits per heavy atom. The van der Waals surface area contributed by atoms with Crippen LogP contribution in [0.5, 0.6) is 0 Å². The van der Waals surface area contributed by atoms with Gasteiger partial charge < -0.3 is 4.74 Å². The van der Waals surface area contributed by atoms with Crippen molar-refractivity contribution >= 4 is 11.8 Å². The van der Waals surface area contributed by atoms with Crippen LogP contribution >= 0.6 is 0 Å². The van der Waals surface area contributed by atoms with E-state index < -0.39 is 0 Å². The van der Waals surface area contributed by atoms with Gasteiger partial charge in [0.25, 0.3) is 0 Å². The first-order valence-corrected chi connectivity index (χ1v) is 7.47. The Morgan fingerprint density at radius 3 is 2.58 bits per heavy atom. The summed E-state index contributed by atoms with van der Waals surface area (Å²) in [5.41, 5.74) is -0.0987. The second-order valence-electron chi connectivity index (χ2n) is 7.40. The van der Waals surface area contributed by atoms with Crippen LogP contribution in [0.4, 0.5) is 0 Å². The van der Waals surface area contributed by atoms with Gasteiger partial charge in [-0.3, -0.25) is 9.59 Å². The van der Waals surface area contributed by atoms with Crippen LogP contribution in [-0.2, 0) is 14.3 Å². The molecule has 3 saturated carbocycles. The molecule has 3 fully saturated rings. The van der Waals surface area contributed by atoms with Gasteiger partial charge in [0, 0.05) is 12.8 Å². The lowest BCUT2D eigenvalue weighted by Crippen LogP contribution is -2.44. The van der Waals surface area contributed by atoms with E-state index >= 15 is 0 Å². The third kappa shape index (κ3) is 1.34. The van der Waals surface area contributed by atoms with Crippen LogP contribution in [0.2, 0.25) is 0 Å². The Morgan fingerprint density at radius 2 is 2.00 bits per heavy atom. The van der Waals surface area contributed by atoms with Crippen molar-refractivity contribution < 1.29 is 14.3 Å². The predicted octanol–water partition coefficient (Wildman–Crippen LogP) is 2.83. The Kier molecular flexibility index (Phi) is 2.65. The average molecular weight is 264 g/mol. The summed E-state index contributed by atoms with van der Waals surface area (Å²) in [7, 11) is 1.48. The van der Waals surface area contributed by atoms with E-state index in [1.165, 1.54) is 13.5 Å². The van der Waals surface area contributed by atoms with Gasteiger partial charge in [0.1, 0.15) is 5.78 Å². The van der Waals surface area contributed by atoms with Crippen molar-refractivity contribution in [2.75, 3.05) is 7.11 Å². The molecule has 3 aliphatic carbocycles. The van der Waals surface area contributed by atoms with Crippen LogP contribution < -0.4 is 0 Å². The number of ether oxygens (including phenoxy) is 1. The molecule has 19 heavy (non-hydrogen) atoms. The summed E-state index contributed by atoms with van der Waals surface area (Å²) in [6, 6.07) is 0. The lowest BCUT2D eigenvalue weighted by atomic mass is 9.57. The van der Waals surface area contributed by atoms with Crippen LogP contribution in [0.25, 0.3) is 0 Å². The molecule has 0 aromatic heterocycles. The Labute approximate surface area is 115 Å². The van der Waals surface area contributed by atoms with Crippen molar-refractivity contribution in [3.8, 4) is 0 Å². The molecule has 0 saturated heterocycles. The van der Waals surface area contributed by atoms with Gasteiger partial charge in [0.2, 0.25) is 0 Å². The number of carbonyl (C=O) groups is 2. The molecule has 0 aromatic carbocycles. The standard InChI is InChI=1S/C16H24O3/c1-9(2)16-8-10(17)7-15(3)12(16)6-5-11(16)13(15)14(18)19-4/h9,11-13H,5-8H2,1-4H3/t11-,12+,13-,15+,16-/m1/s1. The van der Waals surface area contributed by atoms with Gasteiger partial charge in [-0.1, -0.05) is 20.8 Å². The number of esters is 1. The van der Waals surface area contributed by atoms with Crippen molar-refractivity contribution in [3.05, 3.63) is 0 Å².